The Bertz CT molecular complexity index is 766. The van der Waals surface area contributed by atoms with E-state index in [9.17, 15) is 5.11 Å². The quantitative estimate of drug-likeness (QED) is 0.497. The summed E-state index contributed by atoms with van der Waals surface area (Å²) < 4.78 is 2.08. The summed E-state index contributed by atoms with van der Waals surface area (Å²) in [4.78, 5) is 4.80. The smallest absolute Gasteiger partial charge is 0.156 e. The van der Waals surface area contributed by atoms with Gasteiger partial charge in [0.05, 0.1) is 5.52 Å². The van der Waals surface area contributed by atoms with Gasteiger partial charge in [-0.3, -0.25) is 4.68 Å². The Labute approximate surface area is 183 Å². The molecule has 30 heavy (non-hydrogen) atoms. The fourth-order valence-corrected chi connectivity index (χ4v) is 4.13. The van der Waals surface area contributed by atoms with Gasteiger partial charge >= 0.3 is 0 Å². The summed E-state index contributed by atoms with van der Waals surface area (Å²) in [6.07, 6.45) is 3.33. The van der Waals surface area contributed by atoms with Gasteiger partial charge in [-0.25, -0.2) is 0 Å². The minimum atomic E-state index is 0.285. The summed E-state index contributed by atoms with van der Waals surface area (Å²) in [5.41, 5.74) is 1.07. The second kappa shape index (κ2) is 11.6. The molecule has 0 amide bonds. The number of anilines is 1. The second-order valence-corrected chi connectivity index (χ2v) is 9.09. The van der Waals surface area contributed by atoms with E-state index in [1.165, 1.54) is 6.42 Å². The molecule has 0 bridgehead atoms. The fourth-order valence-electron chi connectivity index (χ4n) is 4.13. The van der Waals surface area contributed by atoms with Gasteiger partial charge in [0, 0.05) is 30.6 Å². The van der Waals surface area contributed by atoms with Crippen molar-refractivity contribution in [2.24, 2.45) is 5.92 Å². The highest BCUT2D eigenvalue weighted by Gasteiger charge is 2.18. The van der Waals surface area contributed by atoms with E-state index in [0.717, 1.165) is 55.7 Å². The SMILES string of the molecule is CCN(CC)C(CCNc1nn(CCC(C)N(C)C)c2ccc(O)cc12)CC(C)C. The van der Waals surface area contributed by atoms with Crippen LogP contribution in [-0.4, -0.2) is 70.5 Å². The highest BCUT2D eigenvalue weighted by molar-refractivity contribution is 5.91. The minimum absolute atomic E-state index is 0.285. The molecule has 0 fully saturated rings. The van der Waals surface area contributed by atoms with Crippen LogP contribution in [0.4, 0.5) is 5.82 Å². The van der Waals surface area contributed by atoms with Gasteiger partial charge in [-0.2, -0.15) is 5.10 Å². The molecule has 6 nitrogen and oxygen atoms in total. The van der Waals surface area contributed by atoms with Crippen molar-refractivity contribution in [2.45, 2.75) is 72.5 Å². The zero-order chi connectivity index (χ0) is 22.3. The number of hydrogen-bond donors (Lipinski definition) is 2. The number of hydrogen-bond acceptors (Lipinski definition) is 5. The molecule has 2 aromatic rings. The number of nitrogens with one attached hydrogen (secondary N) is 1. The van der Waals surface area contributed by atoms with Crippen molar-refractivity contribution in [3.05, 3.63) is 18.2 Å². The Hall–Kier alpha value is -1.79. The molecule has 2 atom stereocenters. The van der Waals surface area contributed by atoms with Gasteiger partial charge < -0.3 is 20.2 Å². The number of phenols is 1. The lowest BCUT2D eigenvalue weighted by Crippen LogP contribution is -2.37. The third-order valence-electron chi connectivity index (χ3n) is 6.22. The molecule has 170 valence electrons. The van der Waals surface area contributed by atoms with E-state index in [4.69, 9.17) is 5.10 Å². The zero-order valence-electron chi connectivity index (χ0n) is 20.1. The zero-order valence-corrected chi connectivity index (χ0v) is 20.1. The van der Waals surface area contributed by atoms with E-state index in [1.54, 1.807) is 6.07 Å². The van der Waals surface area contributed by atoms with E-state index in [-0.39, 0.29) is 5.75 Å². The van der Waals surface area contributed by atoms with Crippen LogP contribution < -0.4 is 5.32 Å². The van der Waals surface area contributed by atoms with Crippen LogP contribution in [0, 0.1) is 5.92 Å². The van der Waals surface area contributed by atoms with Gasteiger partial charge in [-0.05, 0) is 77.5 Å². The standard InChI is InChI=1S/C24H43N5O/c1-8-28(9-2)20(16-18(3)4)12-14-25-24-22-17-21(30)10-11-23(22)29(26-24)15-13-19(5)27(6)7/h10-11,17-20,30H,8-9,12-16H2,1-7H3,(H,25,26). The third kappa shape index (κ3) is 6.61. The summed E-state index contributed by atoms with van der Waals surface area (Å²) in [5.74, 6) is 1.85. The molecule has 1 aromatic heterocycles. The highest BCUT2D eigenvalue weighted by Crippen LogP contribution is 2.27. The molecule has 0 spiro atoms. The Balaban J connectivity index is 2.13. The first-order chi connectivity index (χ1) is 14.3. The molecule has 2 N–H and O–H groups in total. The molecule has 0 aliphatic carbocycles. The number of nitrogens with zero attached hydrogens (tertiary/aromatic N) is 4. The largest absolute Gasteiger partial charge is 0.508 e. The molecular weight excluding hydrogens is 374 g/mol. The lowest BCUT2D eigenvalue weighted by Gasteiger charge is -2.31. The number of benzene rings is 1. The lowest BCUT2D eigenvalue weighted by molar-refractivity contribution is 0.184. The average molecular weight is 418 g/mol. The van der Waals surface area contributed by atoms with Crippen molar-refractivity contribution in [2.75, 3.05) is 39.0 Å². The van der Waals surface area contributed by atoms with Crippen LogP contribution in [0.1, 0.15) is 53.9 Å². The summed E-state index contributed by atoms with van der Waals surface area (Å²) in [6.45, 7) is 15.2. The van der Waals surface area contributed by atoms with Gasteiger partial charge in [0.2, 0.25) is 0 Å². The number of aromatic nitrogens is 2. The Kier molecular flexibility index (Phi) is 9.43. The number of fused-ring (bicyclic) bond motifs is 1. The van der Waals surface area contributed by atoms with Crippen molar-refractivity contribution in [3.63, 3.8) is 0 Å². The molecule has 0 radical (unpaired) electrons. The van der Waals surface area contributed by atoms with E-state index in [2.05, 4.69) is 68.5 Å². The van der Waals surface area contributed by atoms with E-state index in [0.29, 0.717) is 18.0 Å². The molecule has 0 saturated heterocycles. The average Bonchev–Trinajstić information content (AvgIpc) is 3.03. The molecule has 0 aliphatic rings. The van der Waals surface area contributed by atoms with Gasteiger partial charge in [0.1, 0.15) is 5.75 Å². The first-order valence-electron chi connectivity index (χ1n) is 11.6. The molecule has 0 saturated carbocycles. The molecule has 0 aliphatic heterocycles. The predicted octanol–water partition coefficient (Wildman–Crippen LogP) is 4.64. The summed E-state index contributed by atoms with van der Waals surface area (Å²) in [7, 11) is 4.22. The van der Waals surface area contributed by atoms with Gasteiger partial charge in [0.25, 0.3) is 0 Å². The first-order valence-corrected chi connectivity index (χ1v) is 11.6. The van der Waals surface area contributed by atoms with E-state index in [1.807, 2.05) is 12.1 Å². The van der Waals surface area contributed by atoms with Crippen molar-refractivity contribution < 1.29 is 5.11 Å². The monoisotopic (exact) mass is 417 g/mol. The first kappa shape index (κ1) is 24.5. The normalized spacial score (nSPS) is 14.2. The van der Waals surface area contributed by atoms with Crippen molar-refractivity contribution >= 4 is 16.7 Å². The van der Waals surface area contributed by atoms with Crippen LogP contribution in [0.5, 0.6) is 5.75 Å². The molecular formula is C24H43N5O. The van der Waals surface area contributed by atoms with Crippen molar-refractivity contribution in [1.82, 2.24) is 19.6 Å². The predicted molar refractivity (Wildman–Crippen MR) is 128 cm³/mol. The number of rotatable bonds is 13. The van der Waals surface area contributed by atoms with Crippen LogP contribution in [0.15, 0.2) is 18.2 Å². The van der Waals surface area contributed by atoms with Crippen molar-refractivity contribution in [3.8, 4) is 5.75 Å². The summed E-state index contributed by atoms with van der Waals surface area (Å²) >= 11 is 0. The Morgan fingerprint density at radius 3 is 2.40 bits per heavy atom. The van der Waals surface area contributed by atoms with Crippen LogP contribution in [0.3, 0.4) is 0 Å². The maximum absolute atomic E-state index is 10.0. The summed E-state index contributed by atoms with van der Waals surface area (Å²) in [5, 5.41) is 19.5. The van der Waals surface area contributed by atoms with Crippen LogP contribution in [0.2, 0.25) is 0 Å². The topological polar surface area (TPSA) is 56.6 Å². The van der Waals surface area contributed by atoms with Crippen LogP contribution in [0.25, 0.3) is 10.9 Å². The van der Waals surface area contributed by atoms with E-state index < -0.39 is 0 Å². The summed E-state index contributed by atoms with van der Waals surface area (Å²) in [6, 6.07) is 6.62. The Morgan fingerprint density at radius 2 is 1.80 bits per heavy atom. The maximum atomic E-state index is 10.0. The fraction of sp³-hybridized carbons (Fsp3) is 0.708. The third-order valence-corrected chi connectivity index (χ3v) is 6.22. The van der Waals surface area contributed by atoms with E-state index >= 15 is 0 Å². The van der Waals surface area contributed by atoms with Crippen LogP contribution in [-0.2, 0) is 6.54 Å². The van der Waals surface area contributed by atoms with Crippen LogP contribution >= 0.6 is 0 Å². The molecule has 2 rings (SSSR count). The number of aryl methyl sites for hydroxylation is 1. The highest BCUT2D eigenvalue weighted by atomic mass is 16.3. The molecule has 6 heteroatoms. The molecule has 2 unspecified atom stereocenters. The lowest BCUT2D eigenvalue weighted by atomic mass is 9.99. The second-order valence-electron chi connectivity index (χ2n) is 9.09. The van der Waals surface area contributed by atoms with Gasteiger partial charge in [-0.15, -0.1) is 0 Å². The van der Waals surface area contributed by atoms with Crippen molar-refractivity contribution in [1.29, 1.82) is 0 Å². The molecule has 1 heterocycles. The maximum Gasteiger partial charge on any atom is 0.156 e. The number of phenolic OH excluding ortho intramolecular Hbond substituents is 1. The van der Waals surface area contributed by atoms with Gasteiger partial charge in [0.15, 0.2) is 5.82 Å². The minimum Gasteiger partial charge on any atom is -0.508 e. The van der Waals surface area contributed by atoms with Gasteiger partial charge in [-0.1, -0.05) is 27.7 Å². The Morgan fingerprint density at radius 1 is 1.10 bits per heavy atom. The molecule has 1 aromatic carbocycles. The number of aromatic hydroxyl groups is 1.